The predicted octanol–water partition coefficient (Wildman–Crippen LogP) is 2.22. The first kappa shape index (κ1) is 15.1. The van der Waals surface area contributed by atoms with E-state index in [2.05, 4.69) is 11.4 Å². The molecule has 0 bridgehead atoms. The van der Waals surface area contributed by atoms with Gasteiger partial charge in [-0.25, -0.2) is 0 Å². The van der Waals surface area contributed by atoms with Crippen LogP contribution < -0.4 is 10.1 Å². The molecule has 0 atom stereocenters. The smallest absolute Gasteiger partial charge is 0.313 e. The van der Waals surface area contributed by atoms with Crippen molar-refractivity contribution in [1.82, 2.24) is 4.90 Å². The van der Waals surface area contributed by atoms with E-state index in [4.69, 9.17) is 4.74 Å². The number of ether oxygens (including phenoxy) is 1. The number of fused-ring (bicyclic) bond motifs is 1. The molecule has 0 aliphatic carbocycles. The van der Waals surface area contributed by atoms with Gasteiger partial charge in [0.2, 0.25) is 0 Å². The second-order valence-electron chi connectivity index (χ2n) is 5.43. The molecule has 0 fully saturated rings. The molecule has 0 saturated heterocycles. The minimum absolute atomic E-state index is 0.473. The molecule has 0 radical (unpaired) electrons. The third-order valence-electron chi connectivity index (χ3n) is 3.94. The Balaban J connectivity index is 1.67. The van der Waals surface area contributed by atoms with Crippen LogP contribution in [0.25, 0.3) is 0 Å². The fourth-order valence-electron chi connectivity index (χ4n) is 2.70. The van der Waals surface area contributed by atoms with Crippen LogP contribution in [0, 0.1) is 0 Å². The first-order valence-corrected chi connectivity index (χ1v) is 7.48. The highest BCUT2D eigenvalue weighted by Gasteiger charge is 2.25. The predicted molar refractivity (Wildman–Crippen MR) is 87.2 cm³/mol. The summed E-state index contributed by atoms with van der Waals surface area (Å²) in [4.78, 5) is 26.1. The number of carbonyl (C=O) groups is 2. The number of nitrogens with zero attached hydrogens (tertiary/aromatic N) is 1. The van der Waals surface area contributed by atoms with Gasteiger partial charge in [-0.05, 0) is 29.7 Å². The van der Waals surface area contributed by atoms with Gasteiger partial charge >= 0.3 is 11.8 Å². The van der Waals surface area contributed by atoms with Gasteiger partial charge in [0, 0.05) is 24.8 Å². The first-order chi connectivity index (χ1) is 11.2. The number of amides is 2. The van der Waals surface area contributed by atoms with Crippen LogP contribution in [0.4, 0.5) is 5.69 Å². The largest absolute Gasteiger partial charge is 0.497 e. The molecule has 1 aliphatic heterocycles. The minimum Gasteiger partial charge on any atom is -0.497 e. The van der Waals surface area contributed by atoms with E-state index in [-0.39, 0.29) is 0 Å². The van der Waals surface area contributed by atoms with Crippen LogP contribution in [0.1, 0.15) is 11.1 Å². The first-order valence-electron chi connectivity index (χ1n) is 7.48. The van der Waals surface area contributed by atoms with Crippen molar-refractivity contribution in [2.24, 2.45) is 0 Å². The number of hydrogen-bond donors (Lipinski definition) is 1. The van der Waals surface area contributed by atoms with Crippen molar-refractivity contribution < 1.29 is 14.3 Å². The SMILES string of the molecule is COc1cccc(NC(=O)C(=O)N2CCc3ccccc3C2)c1. The van der Waals surface area contributed by atoms with Crippen LogP contribution in [0.5, 0.6) is 5.75 Å². The maximum absolute atomic E-state index is 12.3. The highest BCUT2D eigenvalue weighted by atomic mass is 16.5. The highest BCUT2D eigenvalue weighted by Crippen LogP contribution is 2.20. The standard InChI is InChI=1S/C18H18N2O3/c1-23-16-8-4-7-15(11-16)19-17(21)18(22)20-10-9-13-5-2-3-6-14(13)12-20/h2-8,11H,9-10,12H2,1H3,(H,19,21). The summed E-state index contributed by atoms with van der Waals surface area (Å²) >= 11 is 0. The van der Waals surface area contributed by atoms with E-state index < -0.39 is 11.8 Å². The molecule has 118 valence electrons. The lowest BCUT2D eigenvalue weighted by Crippen LogP contribution is -2.42. The third kappa shape index (κ3) is 3.34. The van der Waals surface area contributed by atoms with Crippen LogP contribution in [-0.4, -0.2) is 30.4 Å². The summed E-state index contributed by atoms with van der Waals surface area (Å²) in [7, 11) is 1.55. The second kappa shape index (κ2) is 6.52. The van der Waals surface area contributed by atoms with Crippen molar-refractivity contribution in [3.63, 3.8) is 0 Å². The summed E-state index contributed by atoms with van der Waals surface area (Å²) in [6, 6.07) is 14.9. The van der Waals surface area contributed by atoms with Crippen molar-refractivity contribution in [3.05, 3.63) is 59.7 Å². The number of carbonyl (C=O) groups excluding carboxylic acids is 2. The molecule has 23 heavy (non-hydrogen) atoms. The van der Waals surface area contributed by atoms with Gasteiger partial charge in [-0.2, -0.15) is 0 Å². The van der Waals surface area contributed by atoms with Crippen molar-refractivity contribution in [1.29, 1.82) is 0 Å². The summed E-state index contributed by atoms with van der Waals surface area (Å²) in [5.74, 6) is -0.512. The van der Waals surface area contributed by atoms with Crippen LogP contribution >= 0.6 is 0 Å². The average Bonchev–Trinajstić information content (AvgIpc) is 2.60. The molecule has 0 aromatic heterocycles. The van der Waals surface area contributed by atoms with E-state index in [9.17, 15) is 9.59 Å². The van der Waals surface area contributed by atoms with E-state index in [0.717, 1.165) is 12.0 Å². The lowest BCUT2D eigenvalue weighted by molar-refractivity contribution is -0.143. The normalized spacial score (nSPS) is 13.2. The van der Waals surface area contributed by atoms with Gasteiger partial charge < -0.3 is 15.0 Å². The molecule has 5 nitrogen and oxygen atoms in total. The average molecular weight is 310 g/mol. The Morgan fingerprint density at radius 1 is 1.09 bits per heavy atom. The number of benzene rings is 2. The van der Waals surface area contributed by atoms with E-state index in [1.807, 2.05) is 18.2 Å². The van der Waals surface area contributed by atoms with Crippen LogP contribution in [-0.2, 0) is 22.6 Å². The maximum Gasteiger partial charge on any atom is 0.313 e. The molecule has 2 amide bonds. The molecule has 0 saturated carbocycles. The Morgan fingerprint density at radius 2 is 1.87 bits per heavy atom. The Kier molecular flexibility index (Phi) is 4.28. The molecule has 0 spiro atoms. The molecule has 1 N–H and O–H groups in total. The van der Waals surface area contributed by atoms with E-state index in [0.29, 0.717) is 24.5 Å². The van der Waals surface area contributed by atoms with Gasteiger partial charge in [-0.3, -0.25) is 9.59 Å². The highest BCUT2D eigenvalue weighted by molar-refractivity contribution is 6.39. The lowest BCUT2D eigenvalue weighted by Gasteiger charge is -2.28. The minimum atomic E-state index is -0.627. The van der Waals surface area contributed by atoms with Gasteiger partial charge in [0.1, 0.15) is 5.75 Å². The van der Waals surface area contributed by atoms with Crippen molar-refractivity contribution in [2.75, 3.05) is 19.0 Å². The second-order valence-corrected chi connectivity index (χ2v) is 5.43. The number of rotatable bonds is 2. The zero-order chi connectivity index (χ0) is 16.2. The van der Waals surface area contributed by atoms with Gasteiger partial charge in [-0.1, -0.05) is 30.3 Å². The number of methoxy groups -OCH3 is 1. The molecule has 2 aromatic rings. The van der Waals surface area contributed by atoms with Crippen molar-refractivity contribution in [2.45, 2.75) is 13.0 Å². The van der Waals surface area contributed by atoms with E-state index in [1.165, 1.54) is 5.56 Å². The summed E-state index contributed by atoms with van der Waals surface area (Å²) < 4.78 is 5.11. The van der Waals surface area contributed by atoms with Gasteiger partial charge in [0.15, 0.2) is 0 Å². The van der Waals surface area contributed by atoms with Gasteiger partial charge in [0.25, 0.3) is 0 Å². The van der Waals surface area contributed by atoms with Crippen molar-refractivity contribution >= 4 is 17.5 Å². The van der Waals surface area contributed by atoms with Gasteiger partial charge in [-0.15, -0.1) is 0 Å². The zero-order valence-corrected chi connectivity index (χ0v) is 12.9. The fraction of sp³-hybridized carbons (Fsp3) is 0.222. The molecule has 1 heterocycles. The molecular weight excluding hydrogens is 292 g/mol. The molecule has 1 aliphatic rings. The molecule has 0 unspecified atom stereocenters. The van der Waals surface area contributed by atoms with Crippen LogP contribution in [0.15, 0.2) is 48.5 Å². The summed E-state index contributed by atoms with van der Waals surface area (Å²) in [6.07, 6.45) is 0.772. The zero-order valence-electron chi connectivity index (χ0n) is 12.9. The van der Waals surface area contributed by atoms with Crippen LogP contribution in [0.2, 0.25) is 0 Å². The summed E-state index contributed by atoms with van der Waals surface area (Å²) in [5.41, 5.74) is 2.88. The number of hydrogen-bond acceptors (Lipinski definition) is 3. The van der Waals surface area contributed by atoms with Crippen LogP contribution in [0.3, 0.4) is 0 Å². The Labute approximate surface area is 134 Å². The van der Waals surface area contributed by atoms with E-state index in [1.54, 1.807) is 36.3 Å². The quantitative estimate of drug-likeness (QED) is 0.865. The summed E-state index contributed by atoms with van der Waals surface area (Å²) in [6.45, 7) is 1.03. The Morgan fingerprint density at radius 3 is 2.65 bits per heavy atom. The lowest BCUT2D eigenvalue weighted by atomic mass is 10.00. The number of nitrogens with one attached hydrogen (secondary N) is 1. The Hall–Kier alpha value is -2.82. The third-order valence-corrected chi connectivity index (χ3v) is 3.94. The number of anilines is 1. The van der Waals surface area contributed by atoms with Gasteiger partial charge in [0.05, 0.1) is 7.11 Å². The van der Waals surface area contributed by atoms with E-state index >= 15 is 0 Å². The Bertz CT molecular complexity index is 743. The molecule has 3 rings (SSSR count). The monoisotopic (exact) mass is 310 g/mol. The summed E-state index contributed by atoms with van der Waals surface area (Å²) in [5, 5.41) is 2.63. The fourth-order valence-corrected chi connectivity index (χ4v) is 2.70. The molecule has 5 heteroatoms. The van der Waals surface area contributed by atoms with Crippen molar-refractivity contribution in [3.8, 4) is 5.75 Å². The molecule has 2 aromatic carbocycles. The maximum atomic E-state index is 12.3. The topological polar surface area (TPSA) is 58.6 Å². The molecular formula is C18H18N2O3.